The summed E-state index contributed by atoms with van der Waals surface area (Å²) < 4.78 is 12.8. The molecule has 3 heteroatoms. The summed E-state index contributed by atoms with van der Waals surface area (Å²) in [6.45, 7) is 2.08. The fourth-order valence-corrected chi connectivity index (χ4v) is 1.96. The van der Waals surface area contributed by atoms with Crippen molar-refractivity contribution in [2.75, 3.05) is 13.1 Å². The van der Waals surface area contributed by atoms with Crippen LogP contribution in [0.15, 0.2) is 42.6 Å². The third-order valence-corrected chi connectivity index (χ3v) is 3.18. The lowest BCUT2D eigenvalue weighted by atomic mass is 9.95. The standard InChI is InChI=1S/C14H13FN2/c15-13-4-1-10(2-5-13)14-6-3-11(9-17-14)12-7-16-8-12/h1-6,9,12,16H,7-8H2. The van der Waals surface area contributed by atoms with Gasteiger partial charge in [0.15, 0.2) is 0 Å². The van der Waals surface area contributed by atoms with Crippen molar-refractivity contribution < 1.29 is 4.39 Å². The van der Waals surface area contributed by atoms with Crippen LogP contribution in [0.2, 0.25) is 0 Å². The Morgan fingerprint density at radius 3 is 2.35 bits per heavy atom. The Bertz CT molecular complexity index is 501. The summed E-state index contributed by atoms with van der Waals surface area (Å²) in [6, 6.07) is 10.5. The second-order valence-corrected chi connectivity index (χ2v) is 4.34. The molecule has 0 aliphatic carbocycles. The van der Waals surface area contributed by atoms with E-state index in [1.54, 1.807) is 12.1 Å². The first-order valence-corrected chi connectivity index (χ1v) is 5.75. The molecule has 0 saturated carbocycles. The zero-order chi connectivity index (χ0) is 11.7. The molecule has 0 bridgehead atoms. The highest BCUT2D eigenvalue weighted by atomic mass is 19.1. The monoisotopic (exact) mass is 228 g/mol. The lowest BCUT2D eigenvalue weighted by Gasteiger charge is -2.27. The van der Waals surface area contributed by atoms with E-state index in [0.29, 0.717) is 5.92 Å². The number of halogens is 1. The zero-order valence-electron chi connectivity index (χ0n) is 9.36. The van der Waals surface area contributed by atoms with Gasteiger partial charge in [-0.3, -0.25) is 4.98 Å². The Morgan fingerprint density at radius 1 is 1.06 bits per heavy atom. The van der Waals surface area contributed by atoms with Crippen LogP contribution in [-0.2, 0) is 0 Å². The predicted molar refractivity (Wildman–Crippen MR) is 65.2 cm³/mol. The molecule has 0 radical (unpaired) electrons. The van der Waals surface area contributed by atoms with Gasteiger partial charge >= 0.3 is 0 Å². The number of hydrogen-bond acceptors (Lipinski definition) is 2. The molecule has 0 amide bonds. The Kier molecular flexibility index (Phi) is 2.61. The Labute approximate surface area is 99.5 Å². The van der Waals surface area contributed by atoms with Crippen LogP contribution in [-0.4, -0.2) is 18.1 Å². The average molecular weight is 228 g/mol. The number of aromatic nitrogens is 1. The van der Waals surface area contributed by atoms with E-state index in [2.05, 4.69) is 16.4 Å². The first-order valence-electron chi connectivity index (χ1n) is 5.75. The van der Waals surface area contributed by atoms with Gasteiger partial charge in [0, 0.05) is 30.8 Å². The first kappa shape index (κ1) is 10.4. The summed E-state index contributed by atoms with van der Waals surface area (Å²) in [4.78, 5) is 4.43. The fourth-order valence-electron chi connectivity index (χ4n) is 1.96. The Morgan fingerprint density at radius 2 is 1.82 bits per heavy atom. The Balaban J connectivity index is 1.86. The highest BCUT2D eigenvalue weighted by Gasteiger charge is 2.18. The minimum atomic E-state index is -0.217. The van der Waals surface area contributed by atoms with E-state index >= 15 is 0 Å². The van der Waals surface area contributed by atoms with E-state index in [1.807, 2.05) is 12.3 Å². The molecule has 2 heterocycles. The van der Waals surface area contributed by atoms with Crippen LogP contribution in [0.25, 0.3) is 11.3 Å². The van der Waals surface area contributed by atoms with Crippen molar-refractivity contribution in [2.45, 2.75) is 5.92 Å². The van der Waals surface area contributed by atoms with Gasteiger partial charge in [-0.05, 0) is 35.9 Å². The molecular formula is C14H13FN2. The number of hydrogen-bond donors (Lipinski definition) is 1. The molecule has 0 spiro atoms. The molecule has 2 aromatic rings. The molecule has 1 aromatic heterocycles. The van der Waals surface area contributed by atoms with Crippen molar-refractivity contribution in [1.29, 1.82) is 0 Å². The molecule has 1 aliphatic heterocycles. The minimum absolute atomic E-state index is 0.217. The Hall–Kier alpha value is -1.74. The fraction of sp³-hybridized carbons (Fsp3) is 0.214. The van der Waals surface area contributed by atoms with Gasteiger partial charge in [0.25, 0.3) is 0 Å². The van der Waals surface area contributed by atoms with Gasteiger partial charge in [0.2, 0.25) is 0 Å². The van der Waals surface area contributed by atoms with Crippen molar-refractivity contribution in [3.63, 3.8) is 0 Å². The zero-order valence-corrected chi connectivity index (χ0v) is 9.36. The third-order valence-electron chi connectivity index (χ3n) is 3.18. The highest BCUT2D eigenvalue weighted by Crippen LogP contribution is 2.22. The predicted octanol–water partition coefficient (Wildman–Crippen LogP) is 2.57. The normalized spacial score (nSPS) is 15.6. The van der Waals surface area contributed by atoms with Crippen LogP contribution in [0.3, 0.4) is 0 Å². The second-order valence-electron chi connectivity index (χ2n) is 4.34. The van der Waals surface area contributed by atoms with Crippen LogP contribution < -0.4 is 5.32 Å². The van der Waals surface area contributed by atoms with Crippen LogP contribution >= 0.6 is 0 Å². The van der Waals surface area contributed by atoms with Crippen LogP contribution in [0, 0.1) is 5.82 Å². The summed E-state index contributed by atoms with van der Waals surface area (Å²) in [7, 11) is 0. The highest BCUT2D eigenvalue weighted by molar-refractivity contribution is 5.58. The van der Waals surface area contributed by atoms with E-state index < -0.39 is 0 Å². The van der Waals surface area contributed by atoms with E-state index in [4.69, 9.17) is 0 Å². The number of pyridine rings is 1. The number of nitrogens with one attached hydrogen (secondary N) is 1. The van der Waals surface area contributed by atoms with Crippen LogP contribution in [0.1, 0.15) is 11.5 Å². The largest absolute Gasteiger partial charge is 0.315 e. The van der Waals surface area contributed by atoms with Gasteiger partial charge < -0.3 is 5.32 Å². The smallest absolute Gasteiger partial charge is 0.123 e. The van der Waals surface area contributed by atoms with Crippen molar-refractivity contribution in [1.82, 2.24) is 10.3 Å². The quantitative estimate of drug-likeness (QED) is 0.854. The van der Waals surface area contributed by atoms with Gasteiger partial charge in [-0.2, -0.15) is 0 Å². The summed E-state index contributed by atoms with van der Waals surface area (Å²) in [5, 5.41) is 3.24. The lowest BCUT2D eigenvalue weighted by Crippen LogP contribution is -2.39. The van der Waals surface area contributed by atoms with E-state index in [-0.39, 0.29) is 5.82 Å². The van der Waals surface area contributed by atoms with Crippen molar-refractivity contribution in [3.8, 4) is 11.3 Å². The molecule has 0 atom stereocenters. The molecule has 17 heavy (non-hydrogen) atoms. The maximum absolute atomic E-state index is 12.8. The summed E-state index contributed by atoms with van der Waals surface area (Å²) in [5.74, 6) is 0.385. The summed E-state index contributed by atoms with van der Waals surface area (Å²) in [5.41, 5.74) is 3.11. The molecule has 1 aliphatic rings. The van der Waals surface area contributed by atoms with E-state index in [1.165, 1.54) is 17.7 Å². The molecule has 2 nitrogen and oxygen atoms in total. The maximum Gasteiger partial charge on any atom is 0.123 e. The molecule has 1 saturated heterocycles. The topological polar surface area (TPSA) is 24.9 Å². The van der Waals surface area contributed by atoms with E-state index in [0.717, 1.165) is 24.3 Å². The maximum atomic E-state index is 12.8. The summed E-state index contributed by atoms with van der Waals surface area (Å²) >= 11 is 0. The molecule has 1 N–H and O–H groups in total. The van der Waals surface area contributed by atoms with E-state index in [9.17, 15) is 4.39 Å². The molecule has 86 valence electrons. The molecule has 1 fully saturated rings. The number of nitrogens with zero attached hydrogens (tertiary/aromatic N) is 1. The molecule has 3 rings (SSSR count). The first-order chi connectivity index (χ1) is 8.33. The summed E-state index contributed by atoms with van der Waals surface area (Å²) in [6.07, 6.45) is 1.92. The van der Waals surface area contributed by atoms with Crippen LogP contribution in [0.5, 0.6) is 0 Å². The van der Waals surface area contributed by atoms with Crippen molar-refractivity contribution in [3.05, 3.63) is 54.0 Å². The number of benzene rings is 1. The SMILES string of the molecule is Fc1ccc(-c2ccc(C3CNC3)cn2)cc1. The van der Waals surface area contributed by atoms with Crippen molar-refractivity contribution >= 4 is 0 Å². The third kappa shape index (κ3) is 2.06. The minimum Gasteiger partial charge on any atom is -0.315 e. The van der Waals surface area contributed by atoms with Gasteiger partial charge in [-0.1, -0.05) is 6.07 Å². The van der Waals surface area contributed by atoms with Gasteiger partial charge in [-0.25, -0.2) is 4.39 Å². The van der Waals surface area contributed by atoms with Gasteiger partial charge in [0.1, 0.15) is 5.82 Å². The molecule has 0 unspecified atom stereocenters. The average Bonchev–Trinajstić information content (AvgIpc) is 2.29. The van der Waals surface area contributed by atoms with Crippen molar-refractivity contribution in [2.24, 2.45) is 0 Å². The lowest BCUT2D eigenvalue weighted by molar-refractivity contribution is 0.447. The number of rotatable bonds is 2. The van der Waals surface area contributed by atoms with Gasteiger partial charge in [-0.15, -0.1) is 0 Å². The van der Waals surface area contributed by atoms with Crippen LogP contribution in [0.4, 0.5) is 4.39 Å². The molecule has 1 aromatic carbocycles. The second kappa shape index (κ2) is 4.26. The van der Waals surface area contributed by atoms with Gasteiger partial charge in [0.05, 0.1) is 5.69 Å². The molecular weight excluding hydrogens is 215 g/mol.